The van der Waals surface area contributed by atoms with Gasteiger partial charge in [0, 0.05) is 11.6 Å². The van der Waals surface area contributed by atoms with Crippen LogP contribution in [-0.2, 0) is 0 Å². The van der Waals surface area contributed by atoms with Gasteiger partial charge >= 0.3 is 0 Å². The largest absolute Gasteiger partial charge is 0.508 e. The summed E-state index contributed by atoms with van der Waals surface area (Å²) in [5.41, 5.74) is 0.617. The second-order valence-corrected chi connectivity index (χ2v) is 3.73. The van der Waals surface area contributed by atoms with Gasteiger partial charge in [0.1, 0.15) is 11.6 Å². The number of halogens is 1. The summed E-state index contributed by atoms with van der Waals surface area (Å²) >= 11 is 0. The van der Waals surface area contributed by atoms with Gasteiger partial charge in [-0.3, -0.25) is 0 Å². The molecule has 15 heavy (non-hydrogen) atoms. The van der Waals surface area contributed by atoms with E-state index in [0.29, 0.717) is 5.56 Å². The Balaban J connectivity index is 2.64. The van der Waals surface area contributed by atoms with E-state index < -0.39 is 0 Å². The molecule has 0 saturated carbocycles. The molecule has 0 aromatic heterocycles. The molecule has 2 N–H and O–H groups in total. The minimum absolute atomic E-state index is 0.0211. The molecule has 3 heteroatoms. The molecule has 0 heterocycles. The third-order valence-electron chi connectivity index (χ3n) is 2.44. The molecule has 1 aromatic carbocycles. The smallest absolute Gasteiger partial charge is 0.123 e. The van der Waals surface area contributed by atoms with E-state index in [2.05, 4.69) is 12.2 Å². The highest BCUT2D eigenvalue weighted by molar-refractivity contribution is 5.34. The molecule has 0 saturated heterocycles. The highest BCUT2D eigenvalue weighted by Crippen LogP contribution is 2.24. The summed E-state index contributed by atoms with van der Waals surface area (Å²) in [5.74, 6) is -0.167. The van der Waals surface area contributed by atoms with Crippen molar-refractivity contribution in [2.24, 2.45) is 0 Å². The summed E-state index contributed by atoms with van der Waals surface area (Å²) in [6.45, 7) is 4.92. The maximum Gasteiger partial charge on any atom is 0.123 e. The number of phenols is 1. The fourth-order valence-electron chi connectivity index (χ4n) is 1.48. The van der Waals surface area contributed by atoms with E-state index in [9.17, 15) is 9.50 Å². The summed E-state index contributed by atoms with van der Waals surface area (Å²) < 4.78 is 13.0. The van der Waals surface area contributed by atoms with Crippen molar-refractivity contribution in [3.63, 3.8) is 0 Å². The first kappa shape index (κ1) is 12.0. The van der Waals surface area contributed by atoms with E-state index in [1.165, 1.54) is 18.2 Å². The van der Waals surface area contributed by atoms with Crippen LogP contribution in [0, 0.1) is 5.82 Å². The van der Waals surface area contributed by atoms with Crippen LogP contribution in [0.25, 0.3) is 0 Å². The molecule has 0 amide bonds. The lowest BCUT2D eigenvalue weighted by atomic mass is 10.1. The average Bonchev–Trinajstić information content (AvgIpc) is 2.22. The number of nitrogens with one attached hydrogen (secondary N) is 1. The number of unbranched alkanes of at least 4 members (excludes halogenated alkanes) is 1. The van der Waals surface area contributed by atoms with Gasteiger partial charge in [0.2, 0.25) is 0 Å². The molecular formula is C12H18FNO. The van der Waals surface area contributed by atoms with Gasteiger partial charge in [0.05, 0.1) is 0 Å². The lowest BCUT2D eigenvalue weighted by Gasteiger charge is -2.15. The van der Waals surface area contributed by atoms with E-state index in [1.54, 1.807) is 0 Å². The van der Waals surface area contributed by atoms with Crippen LogP contribution in [-0.4, -0.2) is 11.7 Å². The van der Waals surface area contributed by atoms with Crippen molar-refractivity contribution < 1.29 is 9.50 Å². The molecule has 1 rings (SSSR count). The maximum atomic E-state index is 13.0. The Morgan fingerprint density at radius 1 is 1.47 bits per heavy atom. The molecule has 0 spiro atoms. The summed E-state index contributed by atoms with van der Waals surface area (Å²) in [5, 5.41) is 12.8. The predicted molar refractivity (Wildman–Crippen MR) is 59.4 cm³/mol. The van der Waals surface area contributed by atoms with Crippen molar-refractivity contribution in [2.45, 2.75) is 32.7 Å². The molecule has 1 atom stereocenters. The normalized spacial score (nSPS) is 12.7. The molecule has 0 unspecified atom stereocenters. The van der Waals surface area contributed by atoms with Crippen molar-refractivity contribution in [1.82, 2.24) is 5.32 Å². The van der Waals surface area contributed by atoms with Crippen molar-refractivity contribution in [3.8, 4) is 5.75 Å². The Morgan fingerprint density at radius 3 is 2.87 bits per heavy atom. The van der Waals surface area contributed by atoms with Crippen molar-refractivity contribution >= 4 is 0 Å². The number of hydrogen-bond donors (Lipinski definition) is 2. The Labute approximate surface area is 90.1 Å². The zero-order valence-corrected chi connectivity index (χ0v) is 9.26. The van der Waals surface area contributed by atoms with Gasteiger partial charge in [-0.05, 0) is 38.1 Å². The number of aromatic hydroxyl groups is 1. The van der Waals surface area contributed by atoms with Gasteiger partial charge in [-0.2, -0.15) is 0 Å². The third-order valence-corrected chi connectivity index (χ3v) is 2.44. The van der Waals surface area contributed by atoms with E-state index >= 15 is 0 Å². The van der Waals surface area contributed by atoms with E-state index in [-0.39, 0.29) is 17.6 Å². The standard InChI is InChI=1S/C12H18FNO/c1-3-4-7-14-9(2)11-8-10(13)5-6-12(11)15/h5-6,8-9,14-15H,3-4,7H2,1-2H3/t9-/m0/s1. The van der Waals surface area contributed by atoms with E-state index in [4.69, 9.17) is 0 Å². The van der Waals surface area contributed by atoms with Gasteiger partial charge in [-0.1, -0.05) is 13.3 Å². The molecule has 0 radical (unpaired) electrons. The third kappa shape index (κ3) is 3.51. The molecule has 84 valence electrons. The molecule has 0 fully saturated rings. The van der Waals surface area contributed by atoms with Crippen molar-refractivity contribution in [3.05, 3.63) is 29.6 Å². The van der Waals surface area contributed by atoms with Crippen molar-refractivity contribution in [2.75, 3.05) is 6.54 Å². The van der Waals surface area contributed by atoms with Crippen LogP contribution in [0.15, 0.2) is 18.2 Å². The lowest BCUT2D eigenvalue weighted by molar-refractivity contribution is 0.448. The Bertz CT molecular complexity index is 314. The molecule has 1 aromatic rings. The first-order valence-electron chi connectivity index (χ1n) is 5.37. The molecular weight excluding hydrogens is 193 g/mol. The maximum absolute atomic E-state index is 13.0. The van der Waals surface area contributed by atoms with Crippen LogP contribution >= 0.6 is 0 Å². The van der Waals surface area contributed by atoms with Gasteiger partial charge < -0.3 is 10.4 Å². The highest BCUT2D eigenvalue weighted by Gasteiger charge is 2.10. The summed E-state index contributed by atoms with van der Waals surface area (Å²) in [6, 6.07) is 4.01. The first-order chi connectivity index (χ1) is 7.15. The number of phenolic OH excluding ortho intramolecular Hbond substituents is 1. The average molecular weight is 211 g/mol. The van der Waals surface area contributed by atoms with E-state index in [1.807, 2.05) is 6.92 Å². The topological polar surface area (TPSA) is 32.3 Å². The fraction of sp³-hybridized carbons (Fsp3) is 0.500. The second-order valence-electron chi connectivity index (χ2n) is 3.73. The lowest BCUT2D eigenvalue weighted by Crippen LogP contribution is -2.19. The molecule has 0 aliphatic rings. The van der Waals surface area contributed by atoms with Crippen LogP contribution < -0.4 is 5.32 Å². The molecule has 2 nitrogen and oxygen atoms in total. The molecule has 0 aliphatic heterocycles. The summed E-state index contributed by atoms with van der Waals surface area (Å²) in [6.07, 6.45) is 2.20. The first-order valence-corrected chi connectivity index (χ1v) is 5.37. The Morgan fingerprint density at radius 2 is 2.20 bits per heavy atom. The zero-order chi connectivity index (χ0) is 11.3. The minimum Gasteiger partial charge on any atom is -0.508 e. The van der Waals surface area contributed by atoms with E-state index in [0.717, 1.165) is 19.4 Å². The van der Waals surface area contributed by atoms with Crippen LogP contribution in [0.1, 0.15) is 38.3 Å². The minimum atomic E-state index is -0.313. The highest BCUT2D eigenvalue weighted by atomic mass is 19.1. The van der Waals surface area contributed by atoms with Gasteiger partial charge in [0.15, 0.2) is 0 Å². The van der Waals surface area contributed by atoms with Crippen molar-refractivity contribution in [1.29, 1.82) is 0 Å². The zero-order valence-electron chi connectivity index (χ0n) is 9.26. The van der Waals surface area contributed by atoms with Crippen LogP contribution in [0.3, 0.4) is 0 Å². The van der Waals surface area contributed by atoms with Crippen LogP contribution in [0.2, 0.25) is 0 Å². The number of benzene rings is 1. The van der Waals surface area contributed by atoms with Gasteiger partial charge in [-0.25, -0.2) is 4.39 Å². The molecule has 0 bridgehead atoms. The van der Waals surface area contributed by atoms with Crippen LogP contribution in [0.5, 0.6) is 5.75 Å². The van der Waals surface area contributed by atoms with Gasteiger partial charge in [0.25, 0.3) is 0 Å². The van der Waals surface area contributed by atoms with Gasteiger partial charge in [-0.15, -0.1) is 0 Å². The SMILES string of the molecule is CCCCN[C@@H](C)c1cc(F)ccc1O. The number of hydrogen-bond acceptors (Lipinski definition) is 2. The molecule has 0 aliphatic carbocycles. The second kappa shape index (κ2) is 5.71. The monoisotopic (exact) mass is 211 g/mol. The summed E-state index contributed by atoms with van der Waals surface area (Å²) in [4.78, 5) is 0. The summed E-state index contributed by atoms with van der Waals surface area (Å²) in [7, 11) is 0. The fourth-order valence-corrected chi connectivity index (χ4v) is 1.48. The Hall–Kier alpha value is -1.09. The predicted octanol–water partition coefficient (Wildman–Crippen LogP) is 2.98. The Kier molecular flexibility index (Phi) is 4.56. The quantitative estimate of drug-likeness (QED) is 0.734. The number of rotatable bonds is 5. The van der Waals surface area contributed by atoms with Crippen LogP contribution in [0.4, 0.5) is 4.39 Å².